The zero-order valence-corrected chi connectivity index (χ0v) is 23.0. The first-order chi connectivity index (χ1) is 18.2. The summed E-state index contributed by atoms with van der Waals surface area (Å²) in [5.41, 5.74) is 4.33. The number of hydrogen-bond acceptors (Lipinski definition) is 4. The van der Waals surface area contributed by atoms with Gasteiger partial charge in [-0.05, 0) is 67.6 Å². The van der Waals surface area contributed by atoms with Gasteiger partial charge in [0.15, 0.2) is 0 Å². The largest absolute Gasteiger partial charge is 0.496 e. The Labute approximate surface area is 226 Å². The van der Waals surface area contributed by atoms with Crippen LogP contribution >= 0.6 is 0 Å². The average molecular weight is 515 g/mol. The molecule has 38 heavy (non-hydrogen) atoms. The minimum atomic E-state index is -0.446. The zero-order chi connectivity index (χ0) is 27.3. The number of benzene rings is 3. The molecule has 1 atom stereocenters. The molecule has 6 nitrogen and oxygen atoms in total. The highest BCUT2D eigenvalue weighted by molar-refractivity contribution is 5.94. The number of amides is 2. The van der Waals surface area contributed by atoms with Gasteiger partial charge >= 0.3 is 0 Å². The Kier molecular flexibility index (Phi) is 8.40. The van der Waals surface area contributed by atoms with Crippen molar-refractivity contribution < 1.29 is 19.1 Å². The van der Waals surface area contributed by atoms with Gasteiger partial charge in [0.1, 0.15) is 17.1 Å². The summed E-state index contributed by atoms with van der Waals surface area (Å²) in [5, 5.41) is 3.00. The molecule has 1 aliphatic rings. The molecule has 0 aliphatic carbocycles. The van der Waals surface area contributed by atoms with E-state index in [2.05, 4.69) is 24.4 Å². The van der Waals surface area contributed by atoms with E-state index in [1.807, 2.05) is 67.3 Å². The van der Waals surface area contributed by atoms with E-state index in [1.165, 1.54) is 0 Å². The van der Waals surface area contributed by atoms with Gasteiger partial charge < -0.3 is 19.7 Å². The Morgan fingerprint density at radius 1 is 1.05 bits per heavy atom. The van der Waals surface area contributed by atoms with Crippen LogP contribution in [-0.4, -0.2) is 36.0 Å². The van der Waals surface area contributed by atoms with Crippen LogP contribution in [0.25, 0.3) is 0 Å². The predicted molar refractivity (Wildman–Crippen MR) is 150 cm³/mol. The van der Waals surface area contributed by atoms with E-state index in [0.717, 1.165) is 46.6 Å². The Bertz CT molecular complexity index is 1290. The third-order valence-corrected chi connectivity index (χ3v) is 7.15. The monoisotopic (exact) mass is 514 g/mol. The van der Waals surface area contributed by atoms with Crippen LogP contribution < -0.4 is 14.8 Å². The van der Waals surface area contributed by atoms with Crippen LogP contribution in [0, 0.1) is 0 Å². The predicted octanol–water partition coefficient (Wildman–Crippen LogP) is 5.88. The van der Waals surface area contributed by atoms with Crippen LogP contribution in [-0.2, 0) is 24.2 Å². The second-order valence-electron chi connectivity index (χ2n) is 10.5. The van der Waals surface area contributed by atoms with Crippen molar-refractivity contribution in [3.63, 3.8) is 0 Å². The van der Waals surface area contributed by atoms with E-state index in [9.17, 15) is 9.59 Å². The van der Waals surface area contributed by atoms with Crippen molar-refractivity contribution in [1.29, 1.82) is 0 Å². The van der Waals surface area contributed by atoms with Crippen molar-refractivity contribution >= 4 is 11.8 Å². The molecule has 0 radical (unpaired) electrons. The molecule has 2 amide bonds. The number of methoxy groups -OCH3 is 1. The van der Waals surface area contributed by atoms with Crippen LogP contribution in [0.3, 0.4) is 0 Å². The summed E-state index contributed by atoms with van der Waals surface area (Å²) in [6.07, 6.45) is 2.24. The second kappa shape index (κ2) is 11.7. The van der Waals surface area contributed by atoms with Gasteiger partial charge in [-0.25, -0.2) is 0 Å². The average Bonchev–Trinajstić information content (AvgIpc) is 2.91. The van der Waals surface area contributed by atoms with Crippen molar-refractivity contribution in [3.05, 3.63) is 94.5 Å². The van der Waals surface area contributed by atoms with E-state index in [1.54, 1.807) is 20.1 Å². The van der Waals surface area contributed by atoms with Crippen LogP contribution in [0.15, 0.2) is 66.7 Å². The molecule has 200 valence electrons. The SMILES string of the molecule is CCc1cc(CCN(C(C)=O)C2CC(C)(C)Oc3ccc(C(=O)NCc4ccccc4)cc32)ccc1OC. The summed E-state index contributed by atoms with van der Waals surface area (Å²) >= 11 is 0. The lowest BCUT2D eigenvalue weighted by atomic mass is 9.87. The Hall–Kier alpha value is -3.80. The maximum absolute atomic E-state index is 13.0. The van der Waals surface area contributed by atoms with Gasteiger partial charge in [-0.1, -0.05) is 49.4 Å². The van der Waals surface area contributed by atoms with E-state index < -0.39 is 5.60 Å². The van der Waals surface area contributed by atoms with Crippen molar-refractivity contribution in [1.82, 2.24) is 10.2 Å². The highest BCUT2D eigenvalue weighted by Gasteiger charge is 2.38. The summed E-state index contributed by atoms with van der Waals surface area (Å²) < 4.78 is 11.8. The van der Waals surface area contributed by atoms with Crippen molar-refractivity contribution in [3.8, 4) is 11.5 Å². The third kappa shape index (κ3) is 6.36. The van der Waals surface area contributed by atoms with Gasteiger partial charge in [0.2, 0.25) is 5.91 Å². The first-order valence-electron chi connectivity index (χ1n) is 13.3. The van der Waals surface area contributed by atoms with Crippen LogP contribution in [0.2, 0.25) is 0 Å². The molecule has 1 heterocycles. The standard InChI is InChI=1S/C32H38N2O4/c1-6-25-18-23(12-14-29(25)37-5)16-17-34(22(2)35)28-20-32(3,4)38-30-15-13-26(19-27(28)30)31(36)33-21-24-10-8-7-9-11-24/h7-15,18-19,28H,6,16-17,20-21H2,1-5H3,(H,33,36). The molecule has 0 bridgehead atoms. The van der Waals surface area contributed by atoms with Gasteiger partial charge in [0, 0.05) is 37.6 Å². The van der Waals surface area contributed by atoms with Crippen LogP contribution in [0.5, 0.6) is 11.5 Å². The molecule has 0 spiro atoms. The molecule has 1 aliphatic heterocycles. The summed E-state index contributed by atoms with van der Waals surface area (Å²) in [7, 11) is 1.69. The molecular weight excluding hydrogens is 476 g/mol. The maximum Gasteiger partial charge on any atom is 0.251 e. The number of ether oxygens (including phenoxy) is 2. The van der Waals surface area contributed by atoms with Crippen molar-refractivity contribution in [2.45, 2.75) is 65.1 Å². The van der Waals surface area contributed by atoms with Crippen LogP contribution in [0.4, 0.5) is 0 Å². The number of fused-ring (bicyclic) bond motifs is 1. The molecule has 6 heteroatoms. The topological polar surface area (TPSA) is 67.9 Å². The van der Waals surface area contributed by atoms with Gasteiger partial charge in [0.05, 0.1) is 13.2 Å². The summed E-state index contributed by atoms with van der Waals surface area (Å²) in [5.74, 6) is 1.45. The molecule has 0 fully saturated rings. The van der Waals surface area contributed by atoms with E-state index in [-0.39, 0.29) is 17.9 Å². The number of nitrogens with zero attached hydrogens (tertiary/aromatic N) is 1. The number of aryl methyl sites for hydroxylation is 1. The smallest absolute Gasteiger partial charge is 0.251 e. The molecule has 0 saturated heterocycles. The summed E-state index contributed by atoms with van der Waals surface area (Å²) in [6.45, 7) is 8.82. The Morgan fingerprint density at radius 2 is 1.82 bits per heavy atom. The van der Waals surface area contributed by atoms with Gasteiger partial charge in [-0.15, -0.1) is 0 Å². The first kappa shape index (κ1) is 27.2. The van der Waals surface area contributed by atoms with E-state index >= 15 is 0 Å². The molecular formula is C32H38N2O4. The third-order valence-electron chi connectivity index (χ3n) is 7.15. The highest BCUT2D eigenvalue weighted by Crippen LogP contribution is 2.43. The molecule has 1 unspecified atom stereocenters. The van der Waals surface area contributed by atoms with Gasteiger partial charge in [-0.2, -0.15) is 0 Å². The second-order valence-corrected chi connectivity index (χ2v) is 10.5. The van der Waals surface area contributed by atoms with E-state index in [0.29, 0.717) is 25.1 Å². The fraction of sp³-hybridized carbons (Fsp3) is 0.375. The Balaban J connectivity index is 1.57. The van der Waals surface area contributed by atoms with Crippen molar-refractivity contribution in [2.75, 3.05) is 13.7 Å². The zero-order valence-electron chi connectivity index (χ0n) is 23.0. The normalized spacial score (nSPS) is 15.7. The molecule has 3 aromatic carbocycles. The Morgan fingerprint density at radius 3 is 2.50 bits per heavy atom. The number of nitrogens with one attached hydrogen (secondary N) is 1. The highest BCUT2D eigenvalue weighted by atomic mass is 16.5. The number of hydrogen-bond donors (Lipinski definition) is 1. The molecule has 1 N–H and O–H groups in total. The lowest BCUT2D eigenvalue weighted by Gasteiger charge is -2.42. The molecule has 3 aromatic rings. The minimum absolute atomic E-state index is 0.00167. The number of rotatable bonds is 9. The lowest BCUT2D eigenvalue weighted by Crippen LogP contribution is -2.44. The van der Waals surface area contributed by atoms with Gasteiger partial charge in [-0.3, -0.25) is 9.59 Å². The molecule has 4 rings (SSSR count). The fourth-order valence-corrected chi connectivity index (χ4v) is 5.16. The summed E-state index contributed by atoms with van der Waals surface area (Å²) in [4.78, 5) is 27.9. The first-order valence-corrected chi connectivity index (χ1v) is 13.3. The van der Waals surface area contributed by atoms with Gasteiger partial charge in [0.25, 0.3) is 5.91 Å². The molecule has 0 saturated carbocycles. The maximum atomic E-state index is 13.0. The number of carbonyl (C=O) groups is 2. The number of carbonyl (C=O) groups excluding carboxylic acids is 2. The fourth-order valence-electron chi connectivity index (χ4n) is 5.16. The minimum Gasteiger partial charge on any atom is -0.496 e. The summed E-state index contributed by atoms with van der Waals surface area (Å²) in [6, 6.07) is 21.4. The van der Waals surface area contributed by atoms with Crippen molar-refractivity contribution in [2.24, 2.45) is 0 Å². The van der Waals surface area contributed by atoms with E-state index in [4.69, 9.17) is 9.47 Å². The molecule has 0 aromatic heterocycles. The quantitative estimate of drug-likeness (QED) is 0.387. The van der Waals surface area contributed by atoms with Crippen LogP contribution in [0.1, 0.15) is 72.8 Å². The lowest BCUT2D eigenvalue weighted by molar-refractivity contribution is -0.133.